The highest BCUT2D eigenvalue weighted by Gasteiger charge is 2.27. The molecule has 2 fully saturated rings. The Morgan fingerprint density at radius 3 is 2.45 bits per heavy atom. The van der Waals surface area contributed by atoms with Crippen molar-refractivity contribution in [1.29, 1.82) is 0 Å². The summed E-state index contributed by atoms with van der Waals surface area (Å²) in [6, 6.07) is 14.5. The standard InChI is InChI=1S/C29H40N4O4S/c1-23(32-17-19-33(20-18-32)25-6-3-2-4-7-25)24-10-12-27(13-11-24)38(35,36)28-9-5-8-26(22-28)37-21-14-29(34)31-16-15-30/h5,8-14,21-23,25H,2-4,6-7,15-20,30H2,1H3,(H,31,34). The zero-order valence-corrected chi connectivity index (χ0v) is 23.0. The van der Waals surface area contributed by atoms with Gasteiger partial charge in [0.15, 0.2) is 0 Å². The Balaban J connectivity index is 1.36. The van der Waals surface area contributed by atoms with Gasteiger partial charge in [-0.15, -0.1) is 0 Å². The van der Waals surface area contributed by atoms with Crippen molar-refractivity contribution in [3.8, 4) is 5.75 Å². The molecule has 1 amide bonds. The molecule has 1 saturated carbocycles. The van der Waals surface area contributed by atoms with Gasteiger partial charge in [-0.1, -0.05) is 37.5 Å². The molecule has 1 aliphatic carbocycles. The second-order valence-electron chi connectivity index (χ2n) is 10.1. The zero-order valence-electron chi connectivity index (χ0n) is 22.2. The minimum Gasteiger partial charge on any atom is -0.465 e. The number of rotatable bonds is 10. The van der Waals surface area contributed by atoms with Crippen molar-refractivity contribution in [1.82, 2.24) is 15.1 Å². The lowest BCUT2D eigenvalue weighted by atomic mass is 9.93. The molecule has 2 aromatic rings. The Kier molecular flexibility index (Phi) is 9.96. The Labute approximate surface area is 226 Å². The van der Waals surface area contributed by atoms with E-state index in [9.17, 15) is 13.2 Å². The number of nitrogens with two attached hydrogens (primary N) is 1. The molecule has 2 aliphatic rings. The van der Waals surface area contributed by atoms with Gasteiger partial charge in [-0.05, 0) is 55.7 Å². The minimum absolute atomic E-state index is 0.135. The van der Waals surface area contributed by atoms with Crippen LogP contribution in [0, 0.1) is 0 Å². The van der Waals surface area contributed by atoms with Crippen LogP contribution in [-0.4, -0.2) is 69.4 Å². The van der Waals surface area contributed by atoms with Gasteiger partial charge in [0.1, 0.15) is 5.75 Å². The van der Waals surface area contributed by atoms with Crippen LogP contribution in [0.5, 0.6) is 5.75 Å². The van der Waals surface area contributed by atoms with E-state index in [-0.39, 0.29) is 21.7 Å². The van der Waals surface area contributed by atoms with E-state index in [4.69, 9.17) is 10.5 Å². The Morgan fingerprint density at radius 1 is 1.05 bits per heavy atom. The van der Waals surface area contributed by atoms with Crippen LogP contribution in [0.15, 0.2) is 70.7 Å². The molecular formula is C29H40N4O4S. The molecule has 0 spiro atoms. The average molecular weight is 541 g/mol. The summed E-state index contributed by atoms with van der Waals surface area (Å²) in [7, 11) is -3.72. The summed E-state index contributed by atoms with van der Waals surface area (Å²) in [4.78, 5) is 17.2. The predicted molar refractivity (Wildman–Crippen MR) is 149 cm³/mol. The lowest BCUT2D eigenvalue weighted by Gasteiger charge is -2.42. The molecule has 1 atom stereocenters. The summed E-state index contributed by atoms with van der Waals surface area (Å²) in [5.41, 5.74) is 6.47. The van der Waals surface area contributed by atoms with Gasteiger partial charge in [-0.2, -0.15) is 0 Å². The number of benzene rings is 2. The largest absolute Gasteiger partial charge is 0.465 e. The summed E-state index contributed by atoms with van der Waals surface area (Å²) in [6.07, 6.45) is 9.23. The van der Waals surface area contributed by atoms with Crippen molar-refractivity contribution in [3.05, 3.63) is 66.4 Å². The fourth-order valence-corrected chi connectivity index (χ4v) is 6.65. The second-order valence-corrected chi connectivity index (χ2v) is 12.0. The maximum Gasteiger partial charge on any atom is 0.247 e. The van der Waals surface area contributed by atoms with Gasteiger partial charge in [-0.25, -0.2) is 8.42 Å². The molecule has 206 valence electrons. The Bertz CT molecular complexity index is 1190. The molecule has 8 nitrogen and oxygen atoms in total. The van der Waals surface area contributed by atoms with E-state index in [1.807, 2.05) is 12.1 Å². The third-order valence-electron chi connectivity index (χ3n) is 7.64. The van der Waals surface area contributed by atoms with Crippen LogP contribution in [0.25, 0.3) is 0 Å². The lowest BCUT2D eigenvalue weighted by molar-refractivity contribution is -0.116. The number of amides is 1. The quantitative estimate of drug-likeness (QED) is 0.351. The van der Waals surface area contributed by atoms with Crippen molar-refractivity contribution in [3.63, 3.8) is 0 Å². The van der Waals surface area contributed by atoms with E-state index in [0.717, 1.165) is 37.8 Å². The fourth-order valence-electron chi connectivity index (χ4n) is 5.35. The van der Waals surface area contributed by atoms with Crippen molar-refractivity contribution in [2.24, 2.45) is 5.73 Å². The Morgan fingerprint density at radius 2 is 1.76 bits per heavy atom. The van der Waals surface area contributed by atoms with Crippen LogP contribution < -0.4 is 15.8 Å². The third-order valence-corrected chi connectivity index (χ3v) is 9.41. The molecule has 4 rings (SSSR count). The van der Waals surface area contributed by atoms with Gasteiger partial charge >= 0.3 is 0 Å². The summed E-state index contributed by atoms with van der Waals surface area (Å²) >= 11 is 0. The van der Waals surface area contributed by atoms with Crippen LogP contribution in [0.3, 0.4) is 0 Å². The number of ether oxygens (including phenoxy) is 1. The van der Waals surface area contributed by atoms with E-state index in [2.05, 4.69) is 22.0 Å². The summed E-state index contributed by atoms with van der Waals surface area (Å²) in [5, 5.41) is 2.59. The fraction of sp³-hybridized carbons (Fsp3) is 0.483. The molecule has 1 aliphatic heterocycles. The monoisotopic (exact) mass is 540 g/mol. The molecule has 1 unspecified atom stereocenters. The van der Waals surface area contributed by atoms with Crippen LogP contribution in [-0.2, 0) is 14.6 Å². The lowest BCUT2D eigenvalue weighted by Crippen LogP contribution is -2.51. The molecule has 2 aromatic carbocycles. The summed E-state index contributed by atoms with van der Waals surface area (Å²) in [5.74, 6) is -0.00814. The van der Waals surface area contributed by atoms with Gasteiger partial charge in [-0.3, -0.25) is 14.6 Å². The van der Waals surface area contributed by atoms with Gasteiger partial charge in [0.2, 0.25) is 15.7 Å². The van der Waals surface area contributed by atoms with E-state index < -0.39 is 9.84 Å². The molecule has 1 heterocycles. The predicted octanol–water partition coefficient (Wildman–Crippen LogP) is 3.50. The Hall–Kier alpha value is -2.72. The maximum atomic E-state index is 13.3. The van der Waals surface area contributed by atoms with Gasteiger partial charge < -0.3 is 15.8 Å². The normalized spacial score (nSPS) is 18.9. The van der Waals surface area contributed by atoms with Crippen molar-refractivity contribution in [2.75, 3.05) is 39.3 Å². The highest BCUT2D eigenvalue weighted by molar-refractivity contribution is 7.91. The number of hydrogen-bond acceptors (Lipinski definition) is 7. The van der Waals surface area contributed by atoms with Gasteiger partial charge in [0, 0.05) is 57.4 Å². The first kappa shape index (κ1) is 28.3. The zero-order chi connectivity index (χ0) is 27.0. The smallest absolute Gasteiger partial charge is 0.247 e. The highest BCUT2D eigenvalue weighted by atomic mass is 32.2. The highest BCUT2D eigenvalue weighted by Crippen LogP contribution is 2.29. The maximum absolute atomic E-state index is 13.3. The molecule has 0 bridgehead atoms. The number of sulfone groups is 1. The first-order valence-corrected chi connectivity index (χ1v) is 15.1. The SMILES string of the molecule is CC(c1ccc(S(=O)(=O)c2cccc(OC=CC(=O)NCCN)c2)cc1)N1CCN(C2CCCCC2)CC1. The van der Waals surface area contributed by atoms with Crippen LogP contribution in [0.1, 0.15) is 50.6 Å². The molecule has 9 heteroatoms. The van der Waals surface area contributed by atoms with Gasteiger partial charge in [0.25, 0.3) is 0 Å². The van der Waals surface area contributed by atoms with Crippen molar-refractivity contribution < 1.29 is 17.9 Å². The number of piperazine rings is 1. The van der Waals surface area contributed by atoms with Crippen molar-refractivity contribution >= 4 is 15.7 Å². The summed E-state index contributed by atoms with van der Waals surface area (Å²) in [6.45, 7) is 7.19. The van der Waals surface area contributed by atoms with E-state index >= 15 is 0 Å². The molecule has 38 heavy (non-hydrogen) atoms. The van der Waals surface area contributed by atoms with E-state index in [1.165, 1.54) is 50.5 Å². The first-order chi connectivity index (χ1) is 18.4. The van der Waals surface area contributed by atoms with Crippen LogP contribution in [0.4, 0.5) is 0 Å². The molecule has 3 N–H and O–H groups in total. The topological polar surface area (TPSA) is 105 Å². The van der Waals surface area contributed by atoms with E-state index in [1.54, 1.807) is 30.3 Å². The number of nitrogens with one attached hydrogen (secondary N) is 1. The molecule has 0 aromatic heterocycles. The first-order valence-electron chi connectivity index (χ1n) is 13.6. The number of carbonyl (C=O) groups is 1. The van der Waals surface area contributed by atoms with Gasteiger partial charge in [0.05, 0.1) is 16.1 Å². The van der Waals surface area contributed by atoms with Crippen molar-refractivity contribution in [2.45, 2.75) is 60.9 Å². The number of carbonyl (C=O) groups excluding carboxylic acids is 1. The molecule has 1 saturated heterocycles. The third kappa shape index (κ3) is 7.22. The number of nitrogens with zero attached hydrogens (tertiary/aromatic N) is 2. The second kappa shape index (κ2) is 13.4. The minimum atomic E-state index is -3.72. The average Bonchev–Trinajstić information content (AvgIpc) is 2.96. The van der Waals surface area contributed by atoms with E-state index in [0.29, 0.717) is 18.8 Å². The number of hydrogen-bond donors (Lipinski definition) is 2. The van der Waals surface area contributed by atoms with Crippen LogP contribution in [0.2, 0.25) is 0 Å². The molecular weight excluding hydrogens is 500 g/mol. The van der Waals surface area contributed by atoms with Crippen LogP contribution >= 0.6 is 0 Å². The molecule has 0 radical (unpaired) electrons. The summed E-state index contributed by atoms with van der Waals surface area (Å²) < 4.78 is 32.0.